The van der Waals surface area contributed by atoms with Crippen LogP contribution in [0.2, 0.25) is 0 Å². The molecule has 7 heteroatoms. The second kappa shape index (κ2) is 4.99. The smallest absolute Gasteiger partial charge is 0.200 e. The van der Waals surface area contributed by atoms with Gasteiger partial charge >= 0.3 is 0 Å². The molecule has 1 aromatic carbocycles. The molecule has 0 N–H and O–H groups in total. The van der Waals surface area contributed by atoms with Crippen LogP contribution in [0.5, 0.6) is 0 Å². The summed E-state index contributed by atoms with van der Waals surface area (Å²) in [4.78, 5) is 3.84. The number of hydrogen-bond donors (Lipinski definition) is 0. The zero-order chi connectivity index (χ0) is 14.2. The molecule has 0 aliphatic carbocycles. The van der Waals surface area contributed by atoms with E-state index in [-0.39, 0.29) is 5.82 Å². The third-order valence-electron chi connectivity index (χ3n) is 2.62. The molecule has 0 spiro atoms. The quantitative estimate of drug-likeness (QED) is 0.476. The van der Waals surface area contributed by atoms with Crippen LogP contribution in [0.3, 0.4) is 0 Å². The minimum atomic E-state index is -2.17. The van der Waals surface area contributed by atoms with Gasteiger partial charge in [-0.3, -0.25) is 4.57 Å². The molecule has 0 saturated heterocycles. The Hall–Kier alpha value is -1.92. The SMILES string of the molecule is CCCc1nccn1-c1c(F)c(F)c(F)c(F)c1F. The number of nitrogens with zero attached hydrogens (tertiary/aromatic N) is 2. The number of imidazole rings is 1. The van der Waals surface area contributed by atoms with Gasteiger partial charge in [-0.15, -0.1) is 0 Å². The van der Waals surface area contributed by atoms with Crippen LogP contribution in [-0.4, -0.2) is 9.55 Å². The fourth-order valence-corrected chi connectivity index (χ4v) is 1.75. The first kappa shape index (κ1) is 13.5. The van der Waals surface area contributed by atoms with Crippen LogP contribution in [-0.2, 0) is 6.42 Å². The van der Waals surface area contributed by atoms with Crippen molar-refractivity contribution in [2.24, 2.45) is 0 Å². The fourth-order valence-electron chi connectivity index (χ4n) is 1.75. The minimum absolute atomic E-state index is 0.228. The predicted octanol–water partition coefficient (Wildman–Crippen LogP) is 3.52. The van der Waals surface area contributed by atoms with Gasteiger partial charge in [-0.2, -0.15) is 0 Å². The van der Waals surface area contributed by atoms with Crippen LogP contribution in [0.15, 0.2) is 12.4 Å². The number of aromatic nitrogens is 2. The van der Waals surface area contributed by atoms with E-state index in [4.69, 9.17) is 0 Å². The molecule has 0 bridgehead atoms. The zero-order valence-corrected chi connectivity index (χ0v) is 9.85. The predicted molar refractivity (Wildman–Crippen MR) is 57.3 cm³/mol. The summed E-state index contributed by atoms with van der Waals surface area (Å²) in [5.41, 5.74) is -1.00. The molecule has 1 aromatic heterocycles. The van der Waals surface area contributed by atoms with E-state index in [1.165, 1.54) is 6.20 Å². The van der Waals surface area contributed by atoms with Crippen molar-refractivity contribution in [3.8, 4) is 5.69 Å². The van der Waals surface area contributed by atoms with Gasteiger partial charge in [0.2, 0.25) is 5.82 Å². The van der Waals surface area contributed by atoms with Gasteiger partial charge in [0, 0.05) is 18.8 Å². The van der Waals surface area contributed by atoms with Crippen LogP contribution in [0.25, 0.3) is 5.69 Å². The highest BCUT2D eigenvalue weighted by atomic mass is 19.2. The second-order valence-electron chi connectivity index (χ2n) is 3.88. The van der Waals surface area contributed by atoms with Crippen molar-refractivity contribution in [2.45, 2.75) is 19.8 Å². The van der Waals surface area contributed by atoms with Crippen molar-refractivity contribution in [2.75, 3.05) is 0 Å². The van der Waals surface area contributed by atoms with Gasteiger partial charge in [-0.25, -0.2) is 26.9 Å². The molecule has 0 fully saturated rings. The van der Waals surface area contributed by atoms with Gasteiger partial charge in [0.25, 0.3) is 0 Å². The molecular weight excluding hydrogens is 267 g/mol. The monoisotopic (exact) mass is 276 g/mol. The summed E-state index contributed by atoms with van der Waals surface area (Å²) in [6.07, 6.45) is 3.37. The molecule has 1 heterocycles. The third kappa shape index (κ3) is 2.09. The van der Waals surface area contributed by atoms with Crippen LogP contribution < -0.4 is 0 Å². The molecule has 0 aliphatic rings. The number of hydrogen-bond acceptors (Lipinski definition) is 1. The maximum atomic E-state index is 13.6. The van der Waals surface area contributed by atoms with Gasteiger partial charge in [0.05, 0.1) is 0 Å². The van der Waals surface area contributed by atoms with Gasteiger partial charge in [0.15, 0.2) is 23.3 Å². The van der Waals surface area contributed by atoms with Crippen LogP contribution >= 0.6 is 0 Å². The Bertz CT molecular complexity index is 592. The lowest BCUT2D eigenvalue weighted by Crippen LogP contribution is -2.11. The molecule has 0 amide bonds. The van der Waals surface area contributed by atoms with E-state index in [0.29, 0.717) is 12.8 Å². The van der Waals surface area contributed by atoms with Gasteiger partial charge in [-0.1, -0.05) is 6.92 Å². The normalized spacial score (nSPS) is 11.1. The van der Waals surface area contributed by atoms with E-state index in [0.717, 1.165) is 10.8 Å². The van der Waals surface area contributed by atoms with Gasteiger partial charge < -0.3 is 0 Å². The highest BCUT2D eigenvalue weighted by molar-refractivity contribution is 5.38. The average Bonchev–Trinajstić information content (AvgIpc) is 2.83. The van der Waals surface area contributed by atoms with Gasteiger partial charge in [0.1, 0.15) is 11.5 Å². The minimum Gasteiger partial charge on any atom is -0.298 e. The Morgan fingerprint density at radius 1 is 0.947 bits per heavy atom. The molecule has 0 aliphatic heterocycles. The fraction of sp³-hybridized carbons (Fsp3) is 0.250. The first-order chi connectivity index (χ1) is 8.99. The molecule has 0 saturated carbocycles. The van der Waals surface area contributed by atoms with E-state index < -0.39 is 34.8 Å². The zero-order valence-electron chi connectivity index (χ0n) is 9.85. The molecule has 0 unspecified atom stereocenters. The Morgan fingerprint density at radius 3 is 2.00 bits per heavy atom. The molecule has 2 aromatic rings. The largest absolute Gasteiger partial charge is 0.298 e. The Kier molecular flexibility index (Phi) is 3.55. The highest BCUT2D eigenvalue weighted by Gasteiger charge is 2.27. The lowest BCUT2D eigenvalue weighted by atomic mass is 10.2. The van der Waals surface area contributed by atoms with E-state index in [9.17, 15) is 22.0 Å². The van der Waals surface area contributed by atoms with Crippen molar-refractivity contribution in [1.29, 1.82) is 0 Å². The van der Waals surface area contributed by atoms with Crippen LogP contribution in [0.1, 0.15) is 19.2 Å². The topological polar surface area (TPSA) is 17.8 Å². The standard InChI is InChI=1S/C12H9F5N2/c1-2-3-6-18-4-5-19(6)12-10(16)8(14)7(13)9(15)11(12)17/h4-5H,2-3H2,1H3. The molecule has 0 radical (unpaired) electrons. The van der Waals surface area contributed by atoms with E-state index in [1.54, 1.807) is 6.92 Å². The van der Waals surface area contributed by atoms with Crippen molar-refractivity contribution < 1.29 is 22.0 Å². The number of halogens is 5. The number of benzene rings is 1. The number of aryl methyl sites for hydroxylation is 1. The summed E-state index contributed by atoms with van der Waals surface area (Å²) in [6.45, 7) is 1.80. The Balaban J connectivity index is 2.72. The van der Waals surface area contributed by atoms with Crippen molar-refractivity contribution in [3.05, 3.63) is 47.3 Å². The van der Waals surface area contributed by atoms with Crippen molar-refractivity contribution in [3.63, 3.8) is 0 Å². The summed E-state index contributed by atoms with van der Waals surface area (Å²) in [5.74, 6) is -9.62. The summed E-state index contributed by atoms with van der Waals surface area (Å²) < 4.78 is 67.3. The van der Waals surface area contributed by atoms with Gasteiger partial charge in [-0.05, 0) is 6.42 Å². The van der Waals surface area contributed by atoms with E-state index in [2.05, 4.69) is 4.98 Å². The van der Waals surface area contributed by atoms with E-state index >= 15 is 0 Å². The maximum Gasteiger partial charge on any atom is 0.200 e. The van der Waals surface area contributed by atoms with Crippen LogP contribution in [0, 0.1) is 29.1 Å². The second-order valence-corrected chi connectivity index (χ2v) is 3.88. The molecule has 19 heavy (non-hydrogen) atoms. The summed E-state index contributed by atoms with van der Waals surface area (Å²) in [7, 11) is 0. The summed E-state index contributed by atoms with van der Waals surface area (Å²) in [5, 5.41) is 0. The molecule has 102 valence electrons. The average molecular weight is 276 g/mol. The van der Waals surface area contributed by atoms with Crippen molar-refractivity contribution >= 4 is 0 Å². The molecular formula is C12H9F5N2. The Morgan fingerprint density at radius 2 is 1.47 bits per heavy atom. The summed E-state index contributed by atoms with van der Waals surface area (Å²) >= 11 is 0. The first-order valence-corrected chi connectivity index (χ1v) is 5.53. The van der Waals surface area contributed by atoms with Crippen molar-refractivity contribution in [1.82, 2.24) is 9.55 Å². The van der Waals surface area contributed by atoms with E-state index in [1.807, 2.05) is 0 Å². The first-order valence-electron chi connectivity index (χ1n) is 5.53. The molecule has 0 atom stereocenters. The lowest BCUT2D eigenvalue weighted by molar-refractivity contribution is 0.375. The number of rotatable bonds is 3. The molecule has 2 nitrogen and oxygen atoms in total. The maximum absolute atomic E-state index is 13.6. The molecule has 2 rings (SSSR count). The highest BCUT2D eigenvalue weighted by Crippen LogP contribution is 2.27. The summed E-state index contributed by atoms with van der Waals surface area (Å²) in [6, 6.07) is 0. The van der Waals surface area contributed by atoms with Crippen LogP contribution in [0.4, 0.5) is 22.0 Å². The third-order valence-corrected chi connectivity index (χ3v) is 2.62. The lowest BCUT2D eigenvalue weighted by Gasteiger charge is -2.11. The Labute approximate surface area is 105 Å².